The maximum atomic E-state index is 13.5. The molecule has 0 radical (unpaired) electrons. The van der Waals surface area contributed by atoms with Crippen molar-refractivity contribution in [3.63, 3.8) is 0 Å². The zero-order valence-corrected chi connectivity index (χ0v) is 17.8. The van der Waals surface area contributed by atoms with E-state index in [1.165, 1.54) is 59.0 Å². The quantitative estimate of drug-likeness (QED) is 0.489. The predicted octanol–water partition coefficient (Wildman–Crippen LogP) is 5.97. The highest BCUT2D eigenvalue weighted by molar-refractivity contribution is 7.99. The van der Waals surface area contributed by atoms with Crippen LogP contribution in [0.15, 0.2) is 52.7 Å². The number of thioether (sulfide) groups is 1. The van der Waals surface area contributed by atoms with Crippen molar-refractivity contribution in [2.75, 3.05) is 5.75 Å². The van der Waals surface area contributed by atoms with Gasteiger partial charge in [0.25, 0.3) is 0 Å². The fourth-order valence-electron chi connectivity index (χ4n) is 3.85. The number of fused-ring (bicyclic) bond motifs is 1. The molecule has 5 rings (SSSR count). The number of benzene rings is 2. The van der Waals surface area contributed by atoms with Crippen molar-refractivity contribution in [3.05, 3.63) is 64.7 Å². The van der Waals surface area contributed by atoms with E-state index in [4.69, 9.17) is 0 Å². The van der Waals surface area contributed by atoms with Gasteiger partial charge >= 0.3 is 6.18 Å². The molecule has 1 saturated carbocycles. The highest BCUT2D eigenvalue weighted by atomic mass is 32.2. The van der Waals surface area contributed by atoms with Gasteiger partial charge in [-0.2, -0.15) is 22.9 Å². The summed E-state index contributed by atoms with van der Waals surface area (Å²) in [6.07, 6.45) is 0.443. The van der Waals surface area contributed by atoms with Crippen LogP contribution in [-0.4, -0.2) is 26.3 Å². The largest absolute Gasteiger partial charge is 0.417 e. The number of hydrogen-bond acceptors (Lipinski definition) is 4. The summed E-state index contributed by atoms with van der Waals surface area (Å²) in [5.41, 5.74) is 3.63. The lowest BCUT2D eigenvalue weighted by Gasteiger charge is -2.17. The normalized spacial score (nSPS) is 16.2. The van der Waals surface area contributed by atoms with E-state index in [1.54, 1.807) is 6.07 Å². The fourth-order valence-corrected chi connectivity index (χ4v) is 4.69. The standard InChI is InChI=1S/C23H21F3N4S/c1-14-6-10-17(12-16(14)11-9-15-7-8-15)20-13-31-22-28-27-21(30(22)29-20)18-4-2-3-5-19(18)23(24,25)26/h2-6,10,12,15H,7-9,11,13H2,1H3. The Morgan fingerprint density at radius 2 is 1.90 bits per heavy atom. The number of nitrogens with zero attached hydrogens (tertiary/aromatic N) is 4. The molecule has 0 amide bonds. The van der Waals surface area contributed by atoms with Crippen LogP contribution in [-0.2, 0) is 12.6 Å². The third-order valence-electron chi connectivity index (χ3n) is 5.85. The second-order valence-electron chi connectivity index (χ2n) is 8.12. The molecule has 0 atom stereocenters. The van der Waals surface area contributed by atoms with Crippen molar-refractivity contribution in [1.82, 2.24) is 14.9 Å². The SMILES string of the molecule is Cc1ccc(C2=Nn3c(nnc3-c3ccccc3C(F)(F)F)SC2)cc1CCC1CC1. The first-order chi connectivity index (χ1) is 14.9. The Labute approximate surface area is 182 Å². The highest BCUT2D eigenvalue weighted by Gasteiger charge is 2.35. The van der Waals surface area contributed by atoms with Gasteiger partial charge in [0.15, 0.2) is 5.82 Å². The van der Waals surface area contributed by atoms with Gasteiger partial charge in [-0.1, -0.05) is 54.9 Å². The van der Waals surface area contributed by atoms with E-state index in [9.17, 15) is 13.2 Å². The molecule has 0 spiro atoms. The first kappa shape index (κ1) is 20.3. The Morgan fingerprint density at radius 3 is 2.68 bits per heavy atom. The van der Waals surface area contributed by atoms with Crippen LogP contribution in [0.25, 0.3) is 11.4 Å². The molecule has 2 aromatic carbocycles. The van der Waals surface area contributed by atoms with Crippen LogP contribution in [0.5, 0.6) is 0 Å². The molecule has 8 heteroatoms. The van der Waals surface area contributed by atoms with Crippen LogP contribution in [0.2, 0.25) is 0 Å². The van der Waals surface area contributed by atoms with Gasteiger partial charge < -0.3 is 0 Å². The third kappa shape index (κ3) is 4.13. The van der Waals surface area contributed by atoms with Gasteiger partial charge in [-0.15, -0.1) is 10.2 Å². The maximum Gasteiger partial charge on any atom is 0.417 e. The van der Waals surface area contributed by atoms with Gasteiger partial charge in [0, 0.05) is 11.3 Å². The molecule has 31 heavy (non-hydrogen) atoms. The molecule has 160 valence electrons. The first-order valence-electron chi connectivity index (χ1n) is 10.3. The summed E-state index contributed by atoms with van der Waals surface area (Å²) in [6.45, 7) is 2.12. The highest BCUT2D eigenvalue weighted by Crippen LogP contribution is 2.38. The van der Waals surface area contributed by atoms with Gasteiger partial charge in [-0.05, 0) is 54.5 Å². The van der Waals surface area contributed by atoms with Crippen LogP contribution in [0, 0.1) is 12.8 Å². The lowest BCUT2D eigenvalue weighted by Crippen LogP contribution is -2.15. The van der Waals surface area contributed by atoms with Crippen LogP contribution >= 0.6 is 11.8 Å². The van der Waals surface area contributed by atoms with Crippen molar-refractivity contribution in [2.45, 2.75) is 43.9 Å². The Hall–Kier alpha value is -2.61. The van der Waals surface area contributed by atoms with E-state index < -0.39 is 11.7 Å². The number of alkyl halides is 3. The Balaban J connectivity index is 1.52. The molecular formula is C23H21F3N4S. The zero-order chi connectivity index (χ0) is 21.6. The van der Waals surface area contributed by atoms with E-state index >= 15 is 0 Å². The van der Waals surface area contributed by atoms with Crippen molar-refractivity contribution in [2.24, 2.45) is 11.0 Å². The Bertz CT molecular complexity index is 1160. The minimum Gasteiger partial charge on any atom is -0.187 e. The molecule has 0 N–H and O–H groups in total. The molecule has 0 bridgehead atoms. The Kier molecular flexibility index (Phi) is 5.12. The summed E-state index contributed by atoms with van der Waals surface area (Å²) in [5.74, 6) is 1.57. The van der Waals surface area contributed by atoms with Crippen molar-refractivity contribution in [3.8, 4) is 11.4 Å². The van der Waals surface area contributed by atoms with Gasteiger partial charge in [0.1, 0.15) is 0 Å². The molecule has 0 unspecified atom stereocenters. The maximum absolute atomic E-state index is 13.5. The minimum atomic E-state index is -4.48. The molecule has 3 aromatic rings. The molecule has 1 fully saturated rings. The number of aryl methyl sites for hydroxylation is 2. The lowest BCUT2D eigenvalue weighted by molar-refractivity contribution is -0.137. The molecule has 1 aromatic heterocycles. The van der Waals surface area contributed by atoms with Gasteiger partial charge in [-0.3, -0.25) is 0 Å². The van der Waals surface area contributed by atoms with E-state index in [2.05, 4.69) is 34.4 Å². The first-order valence-corrected chi connectivity index (χ1v) is 11.3. The molecule has 2 heterocycles. The second-order valence-corrected chi connectivity index (χ2v) is 9.06. The summed E-state index contributed by atoms with van der Waals surface area (Å²) < 4.78 is 42.0. The van der Waals surface area contributed by atoms with Crippen molar-refractivity contribution in [1.29, 1.82) is 0 Å². The molecule has 0 saturated heterocycles. The van der Waals surface area contributed by atoms with E-state index in [0.29, 0.717) is 10.9 Å². The summed E-state index contributed by atoms with van der Waals surface area (Å²) in [6, 6.07) is 11.7. The zero-order valence-electron chi connectivity index (χ0n) is 17.0. The topological polar surface area (TPSA) is 43.1 Å². The number of halogens is 3. The van der Waals surface area contributed by atoms with Gasteiger partial charge in [-0.25, -0.2) is 0 Å². The lowest BCUT2D eigenvalue weighted by atomic mass is 9.98. The fraction of sp³-hybridized carbons (Fsp3) is 0.348. The van der Waals surface area contributed by atoms with Gasteiger partial charge in [0.2, 0.25) is 5.16 Å². The van der Waals surface area contributed by atoms with Crippen LogP contribution in [0.1, 0.15) is 41.5 Å². The van der Waals surface area contributed by atoms with Crippen LogP contribution in [0.3, 0.4) is 0 Å². The second kappa shape index (κ2) is 7.82. The van der Waals surface area contributed by atoms with Crippen molar-refractivity contribution >= 4 is 17.5 Å². The molecule has 4 nitrogen and oxygen atoms in total. The number of rotatable bonds is 5. The monoisotopic (exact) mass is 442 g/mol. The molecule has 1 aliphatic carbocycles. The van der Waals surface area contributed by atoms with Crippen LogP contribution < -0.4 is 0 Å². The molecular weight excluding hydrogens is 421 g/mol. The number of hydrogen-bond donors (Lipinski definition) is 0. The average Bonchev–Trinajstić information content (AvgIpc) is 3.49. The predicted molar refractivity (Wildman–Crippen MR) is 115 cm³/mol. The summed E-state index contributed by atoms with van der Waals surface area (Å²) in [4.78, 5) is 0. The summed E-state index contributed by atoms with van der Waals surface area (Å²) >= 11 is 1.44. The van der Waals surface area contributed by atoms with Gasteiger partial charge in [0.05, 0.1) is 11.3 Å². The molecule has 2 aliphatic rings. The summed E-state index contributed by atoms with van der Waals surface area (Å²) in [7, 11) is 0. The third-order valence-corrected chi connectivity index (χ3v) is 6.78. The summed E-state index contributed by atoms with van der Waals surface area (Å²) in [5, 5.41) is 13.3. The van der Waals surface area contributed by atoms with Crippen LogP contribution in [0.4, 0.5) is 13.2 Å². The van der Waals surface area contributed by atoms with E-state index in [0.717, 1.165) is 29.7 Å². The van der Waals surface area contributed by atoms with E-state index in [1.807, 2.05) is 6.07 Å². The number of aromatic nitrogens is 3. The van der Waals surface area contributed by atoms with Crippen molar-refractivity contribution < 1.29 is 13.2 Å². The molecule has 1 aliphatic heterocycles. The smallest absolute Gasteiger partial charge is 0.187 e. The average molecular weight is 443 g/mol. The Morgan fingerprint density at radius 1 is 1.10 bits per heavy atom. The van der Waals surface area contributed by atoms with E-state index in [-0.39, 0.29) is 11.4 Å². The minimum absolute atomic E-state index is 0.0200.